The van der Waals surface area contributed by atoms with Crippen molar-refractivity contribution in [2.75, 3.05) is 12.0 Å². The van der Waals surface area contributed by atoms with Gasteiger partial charge in [-0.1, -0.05) is 12.1 Å². The molecule has 0 aromatic heterocycles. The number of nitrogens with zero attached hydrogens (tertiary/aromatic N) is 1. The summed E-state index contributed by atoms with van der Waals surface area (Å²) >= 11 is 0. The van der Waals surface area contributed by atoms with Crippen LogP contribution >= 0.6 is 0 Å². The number of anilines is 1. The number of hydrogen-bond acceptors (Lipinski definition) is 4. The summed E-state index contributed by atoms with van der Waals surface area (Å²) in [6.45, 7) is 0. The molecule has 31 heavy (non-hydrogen) atoms. The average molecular weight is 417 g/mol. The van der Waals surface area contributed by atoms with Crippen LogP contribution in [0.3, 0.4) is 0 Å². The number of halogens is 1. The van der Waals surface area contributed by atoms with Gasteiger partial charge >= 0.3 is 0 Å². The molecule has 2 aromatic rings. The predicted molar refractivity (Wildman–Crippen MR) is 116 cm³/mol. The maximum atomic E-state index is 13.6. The third-order valence-corrected chi connectivity index (χ3v) is 6.51. The minimum absolute atomic E-state index is 0.0964. The zero-order chi connectivity index (χ0) is 21.5. The van der Waals surface area contributed by atoms with Crippen LogP contribution in [0.5, 0.6) is 5.75 Å². The Bertz CT molecular complexity index is 1070. The highest BCUT2D eigenvalue weighted by Crippen LogP contribution is 2.50. The topological polar surface area (TPSA) is 46.6 Å². The van der Waals surface area contributed by atoms with Crippen LogP contribution in [-0.2, 0) is 9.59 Å². The number of allylic oxidation sites excluding steroid dienone is 4. The quantitative estimate of drug-likeness (QED) is 0.666. The van der Waals surface area contributed by atoms with Crippen molar-refractivity contribution < 1.29 is 18.7 Å². The predicted octanol–water partition coefficient (Wildman–Crippen LogP) is 5.45. The van der Waals surface area contributed by atoms with E-state index in [1.165, 1.54) is 12.1 Å². The van der Waals surface area contributed by atoms with Gasteiger partial charge in [0.2, 0.25) is 0 Å². The number of ketones is 2. The van der Waals surface area contributed by atoms with E-state index in [-0.39, 0.29) is 23.3 Å². The first-order chi connectivity index (χ1) is 15.1. The van der Waals surface area contributed by atoms with Gasteiger partial charge in [0.15, 0.2) is 11.6 Å². The lowest BCUT2D eigenvalue weighted by atomic mass is 9.71. The van der Waals surface area contributed by atoms with E-state index in [9.17, 15) is 14.0 Å². The third-order valence-electron chi connectivity index (χ3n) is 6.51. The smallest absolute Gasteiger partial charge is 0.161 e. The highest BCUT2D eigenvalue weighted by atomic mass is 19.1. The SMILES string of the molecule is COc1ccc(C2C3=C(CCCC3=O)N(c3ccc(F)cc3)C3=C2C(=O)CCC3)cc1. The summed E-state index contributed by atoms with van der Waals surface area (Å²) in [7, 11) is 1.62. The minimum atomic E-state index is -0.354. The highest BCUT2D eigenvalue weighted by Gasteiger charge is 2.43. The number of carbonyl (C=O) groups is 2. The van der Waals surface area contributed by atoms with Crippen LogP contribution in [0.25, 0.3) is 0 Å². The summed E-state index contributed by atoms with van der Waals surface area (Å²) in [6, 6.07) is 14.0. The lowest BCUT2D eigenvalue weighted by Crippen LogP contribution is -2.39. The van der Waals surface area contributed by atoms with Gasteiger partial charge in [0.25, 0.3) is 0 Å². The maximum absolute atomic E-state index is 13.6. The monoisotopic (exact) mass is 417 g/mol. The van der Waals surface area contributed by atoms with Crippen LogP contribution in [0, 0.1) is 5.82 Å². The number of ether oxygens (including phenoxy) is 1. The molecule has 0 radical (unpaired) electrons. The average Bonchev–Trinajstić information content (AvgIpc) is 2.79. The second-order valence-corrected chi connectivity index (χ2v) is 8.29. The summed E-state index contributed by atoms with van der Waals surface area (Å²) in [5, 5.41) is 0. The Hall–Kier alpha value is -3.21. The minimum Gasteiger partial charge on any atom is -0.497 e. The molecule has 1 heterocycles. The molecule has 5 heteroatoms. The number of rotatable bonds is 3. The molecule has 4 nitrogen and oxygen atoms in total. The zero-order valence-electron chi connectivity index (χ0n) is 17.5. The molecule has 158 valence electrons. The molecule has 2 aliphatic carbocycles. The van der Waals surface area contributed by atoms with Crippen LogP contribution in [0.2, 0.25) is 0 Å². The van der Waals surface area contributed by atoms with E-state index in [1.807, 2.05) is 24.3 Å². The van der Waals surface area contributed by atoms with Crippen LogP contribution in [0.15, 0.2) is 71.1 Å². The molecular weight excluding hydrogens is 393 g/mol. The number of methoxy groups -OCH3 is 1. The van der Waals surface area contributed by atoms with Gasteiger partial charge in [0, 0.05) is 47.0 Å². The second kappa shape index (κ2) is 7.80. The first-order valence-corrected chi connectivity index (χ1v) is 10.8. The Morgan fingerprint density at radius 1 is 0.806 bits per heavy atom. The molecule has 0 saturated carbocycles. The van der Waals surface area contributed by atoms with Crippen LogP contribution in [0.4, 0.5) is 10.1 Å². The molecule has 0 N–H and O–H groups in total. The molecule has 1 aliphatic heterocycles. The van der Waals surface area contributed by atoms with Crippen molar-refractivity contribution in [3.8, 4) is 5.75 Å². The van der Waals surface area contributed by atoms with Crippen molar-refractivity contribution in [3.63, 3.8) is 0 Å². The van der Waals surface area contributed by atoms with E-state index >= 15 is 0 Å². The van der Waals surface area contributed by atoms with E-state index in [0.717, 1.165) is 65.2 Å². The number of Topliss-reactive ketones (excluding diaryl/α,β-unsaturated/α-hetero) is 2. The zero-order valence-corrected chi connectivity index (χ0v) is 17.5. The van der Waals surface area contributed by atoms with Crippen molar-refractivity contribution in [2.24, 2.45) is 0 Å². The van der Waals surface area contributed by atoms with Crippen molar-refractivity contribution in [1.29, 1.82) is 0 Å². The summed E-state index contributed by atoms with van der Waals surface area (Å²) < 4.78 is 18.9. The Morgan fingerprint density at radius 3 is 1.87 bits per heavy atom. The molecular formula is C26H24FNO3. The van der Waals surface area contributed by atoms with Crippen molar-refractivity contribution in [1.82, 2.24) is 0 Å². The normalized spacial score (nSPS) is 19.5. The van der Waals surface area contributed by atoms with Crippen molar-refractivity contribution >= 4 is 17.3 Å². The highest BCUT2D eigenvalue weighted by molar-refractivity contribution is 6.07. The Morgan fingerprint density at radius 2 is 1.35 bits per heavy atom. The first kappa shape index (κ1) is 19.7. The summed E-state index contributed by atoms with van der Waals surface area (Å²) in [4.78, 5) is 28.6. The summed E-state index contributed by atoms with van der Waals surface area (Å²) in [5.41, 5.74) is 5.09. The van der Waals surface area contributed by atoms with Gasteiger partial charge in [-0.05, 0) is 67.6 Å². The lowest BCUT2D eigenvalue weighted by Gasteiger charge is -2.44. The number of carbonyl (C=O) groups excluding carboxylic acids is 2. The lowest BCUT2D eigenvalue weighted by molar-refractivity contribution is -0.116. The van der Waals surface area contributed by atoms with Crippen LogP contribution in [0.1, 0.15) is 50.0 Å². The number of hydrogen-bond donors (Lipinski definition) is 0. The third kappa shape index (κ3) is 3.29. The van der Waals surface area contributed by atoms with Gasteiger partial charge in [0.1, 0.15) is 11.6 Å². The first-order valence-electron chi connectivity index (χ1n) is 10.8. The molecule has 0 amide bonds. The van der Waals surface area contributed by atoms with Gasteiger partial charge in [-0.25, -0.2) is 4.39 Å². The van der Waals surface area contributed by atoms with Crippen LogP contribution in [-0.4, -0.2) is 18.7 Å². The van der Waals surface area contributed by atoms with Crippen molar-refractivity contribution in [3.05, 3.63) is 82.5 Å². The van der Waals surface area contributed by atoms with Gasteiger partial charge < -0.3 is 9.64 Å². The molecule has 2 aromatic carbocycles. The molecule has 0 bridgehead atoms. The van der Waals surface area contributed by atoms with Gasteiger partial charge in [-0.3, -0.25) is 9.59 Å². The molecule has 0 spiro atoms. The van der Waals surface area contributed by atoms with Gasteiger partial charge in [-0.2, -0.15) is 0 Å². The summed E-state index contributed by atoms with van der Waals surface area (Å²) in [5.74, 6) is 0.270. The molecule has 5 rings (SSSR count). The van der Waals surface area contributed by atoms with Crippen LogP contribution < -0.4 is 9.64 Å². The standard InChI is InChI=1S/C26H24FNO3/c1-31-19-14-8-16(9-15-19)24-25-20(4-2-6-22(25)29)28(18-12-10-17(27)11-13-18)21-5-3-7-23(30)26(21)24/h8-15,24H,2-7H2,1H3. The van der Waals surface area contributed by atoms with E-state index in [1.54, 1.807) is 19.2 Å². The second-order valence-electron chi connectivity index (χ2n) is 8.29. The van der Waals surface area contributed by atoms with Crippen molar-refractivity contribution in [2.45, 2.75) is 44.4 Å². The molecule has 3 aliphatic rings. The Balaban J connectivity index is 1.75. The Labute approximate surface area is 181 Å². The fourth-order valence-corrected chi connectivity index (χ4v) is 5.15. The maximum Gasteiger partial charge on any atom is 0.161 e. The van der Waals surface area contributed by atoms with Gasteiger partial charge in [-0.15, -0.1) is 0 Å². The Kier molecular flexibility index (Phi) is 4.97. The van der Waals surface area contributed by atoms with E-state index in [4.69, 9.17) is 4.74 Å². The fourth-order valence-electron chi connectivity index (χ4n) is 5.15. The van der Waals surface area contributed by atoms with E-state index < -0.39 is 0 Å². The number of benzene rings is 2. The summed E-state index contributed by atoms with van der Waals surface area (Å²) in [6.07, 6.45) is 4.05. The molecule has 0 atom stereocenters. The largest absolute Gasteiger partial charge is 0.497 e. The van der Waals surface area contributed by atoms with E-state index in [0.29, 0.717) is 12.8 Å². The molecule has 0 unspecified atom stereocenters. The van der Waals surface area contributed by atoms with Gasteiger partial charge in [0.05, 0.1) is 7.11 Å². The molecule has 0 fully saturated rings. The fraction of sp³-hybridized carbons (Fsp3) is 0.308. The van der Waals surface area contributed by atoms with E-state index in [2.05, 4.69) is 4.90 Å². The molecule has 0 saturated heterocycles.